The molecule has 0 radical (unpaired) electrons. The predicted molar refractivity (Wildman–Crippen MR) is 168 cm³/mol. The Morgan fingerprint density at radius 1 is 1.09 bits per heavy atom. The number of ether oxygens (including phenoxy) is 1. The summed E-state index contributed by atoms with van der Waals surface area (Å²) in [4.78, 5) is 32.3. The van der Waals surface area contributed by atoms with Gasteiger partial charge in [0.2, 0.25) is 5.91 Å². The lowest BCUT2D eigenvalue weighted by atomic mass is 9.88. The van der Waals surface area contributed by atoms with E-state index >= 15 is 0 Å². The monoisotopic (exact) mass is 652 g/mol. The molecule has 1 saturated heterocycles. The van der Waals surface area contributed by atoms with E-state index in [-0.39, 0.29) is 24.3 Å². The number of likely N-dealkylation sites (tertiary alicyclic amines) is 1. The maximum Gasteiger partial charge on any atom is 0.434 e. The number of aromatic carboxylic acids is 1. The molecule has 4 heterocycles. The number of carboxylic acid groups (broad SMARTS) is 1. The molecule has 2 fully saturated rings. The Balaban J connectivity index is 1.21. The van der Waals surface area contributed by atoms with E-state index in [1.807, 2.05) is 24.0 Å². The predicted octanol–water partition coefficient (Wildman–Crippen LogP) is 7.84. The Labute approximate surface area is 268 Å². The van der Waals surface area contributed by atoms with Gasteiger partial charge in [-0.2, -0.15) is 18.3 Å². The van der Waals surface area contributed by atoms with Crippen LogP contribution in [0.1, 0.15) is 89.0 Å². The number of aromatic nitrogens is 3. The number of benzene rings is 1. The lowest BCUT2D eigenvalue weighted by molar-refractivity contribution is -0.143. The maximum absolute atomic E-state index is 13.9. The van der Waals surface area contributed by atoms with Crippen LogP contribution in [0, 0.1) is 12.8 Å². The molecule has 1 aliphatic heterocycles. The summed E-state index contributed by atoms with van der Waals surface area (Å²) in [5.41, 5.74) is 1.19. The quantitative estimate of drug-likeness (QED) is 0.198. The summed E-state index contributed by atoms with van der Waals surface area (Å²) in [5, 5.41) is 13.0. The smallest absolute Gasteiger partial charge is 0.434 e. The van der Waals surface area contributed by atoms with Crippen molar-refractivity contribution in [2.24, 2.45) is 5.92 Å². The van der Waals surface area contributed by atoms with Crippen LogP contribution in [-0.2, 0) is 17.6 Å². The number of nitrogens with zero attached hydrogens (tertiary/aromatic N) is 4. The second-order valence-corrected chi connectivity index (χ2v) is 13.4. The lowest BCUT2D eigenvalue weighted by Crippen LogP contribution is -2.38. The third-order valence-electron chi connectivity index (χ3n) is 8.64. The van der Waals surface area contributed by atoms with E-state index in [4.69, 9.17) is 4.74 Å². The van der Waals surface area contributed by atoms with Crippen LogP contribution < -0.4 is 4.74 Å². The van der Waals surface area contributed by atoms with Gasteiger partial charge in [0.05, 0.1) is 16.8 Å². The first kappa shape index (κ1) is 31.8. The van der Waals surface area contributed by atoms with E-state index in [1.54, 1.807) is 12.1 Å². The molecule has 0 atom stereocenters. The number of halogens is 3. The molecule has 242 valence electrons. The highest BCUT2D eigenvalue weighted by Crippen LogP contribution is 2.39. The van der Waals surface area contributed by atoms with E-state index < -0.39 is 23.4 Å². The van der Waals surface area contributed by atoms with Crippen LogP contribution in [0.25, 0.3) is 16.4 Å². The first-order valence-corrected chi connectivity index (χ1v) is 16.2. The molecule has 4 aromatic rings. The molecule has 6 rings (SSSR count). The summed E-state index contributed by atoms with van der Waals surface area (Å²) in [6.07, 6.45) is -0.321. The zero-order valence-corrected chi connectivity index (χ0v) is 26.6. The van der Waals surface area contributed by atoms with Crippen molar-refractivity contribution < 1.29 is 32.6 Å². The number of carboxylic acids is 1. The highest BCUT2D eigenvalue weighted by molar-refractivity contribution is 7.15. The zero-order valence-electron chi connectivity index (χ0n) is 25.8. The number of piperidine rings is 1. The van der Waals surface area contributed by atoms with Crippen LogP contribution in [0.2, 0.25) is 0 Å². The van der Waals surface area contributed by atoms with E-state index in [9.17, 15) is 27.9 Å². The number of hydrogen-bond donors (Lipinski definition) is 1. The van der Waals surface area contributed by atoms with Crippen molar-refractivity contribution in [3.05, 3.63) is 81.5 Å². The van der Waals surface area contributed by atoms with Gasteiger partial charge in [-0.05, 0) is 79.8 Å². The molecule has 46 heavy (non-hydrogen) atoms. The Hall–Kier alpha value is -4.19. The molecule has 1 amide bonds. The van der Waals surface area contributed by atoms with Gasteiger partial charge in [-0.25, -0.2) is 14.5 Å². The topological polar surface area (TPSA) is 97.6 Å². The van der Waals surface area contributed by atoms with Gasteiger partial charge < -0.3 is 14.7 Å². The van der Waals surface area contributed by atoms with Crippen molar-refractivity contribution in [3.8, 4) is 22.1 Å². The second kappa shape index (κ2) is 12.5. The van der Waals surface area contributed by atoms with Crippen molar-refractivity contribution in [2.75, 3.05) is 13.1 Å². The van der Waals surface area contributed by atoms with E-state index in [0.717, 1.165) is 65.4 Å². The van der Waals surface area contributed by atoms with Crippen molar-refractivity contribution >= 4 is 23.2 Å². The van der Waals surface area contributed by atoms with E-state index in [0.29, 0.717) is 28.4 Å². The van der Waals surface area contributed by atoms with Crippen LogP contribution in [0.5, 0.6) is 5.75 Å². The number of alkyl halides is 3. The average molecular weight is 653 g/mol. The second-order valence-electron chi connectivity index (χ2n) is 12.3. The van der Waals surface area contributed by atoms with Gasteiger partial charge in [-0.1, -0.05) is 32.0 Å². The van der Waals surface area contributed by atoms with Gasteiger partial charge in [0.25, 0.3) is 0 Å². The van der Waals surface area contributed by atoms with Crippen molar-refractivity contribution in [3.63, 3.8) is 0 Å². The molecule has 1 aromatic carbocycles. The molecule has 0 spiro atoms. The van der Waals surface area contributed by atoms with E-state index in [2.05, 4.69) is 36.1 Å². The van der Waals surface area contributed by atoms with Crippen LogP contribution in [0.3, 0.4) is 0 Å². The van der Waals surface area contributed by atoms with Gasteiger partial charge in [0.15, 0.2) is 11.5 Å². The van der Waals surface area contributed by atoms with Gasteiger partial charge in [-0.3, -0.25) is 4.79 Å². The third-order valence-corrected chi connectivity index (χ3v) is 10.1. The molecule has 1 aliphatic carbocycles. The van der Waals surface area contributed by atoms with Crippen LogP contribution >= 0.6 is 11.3 Å². The average Bonchev–Trinajstić information content (AvgIpc) is 3.60. The molecule has 0 unspecified atom stereocenters. The highest BCUT2D eigenvalue weighted by atomic mass is 32.1. The number of pyridine rings is 1. The maximum atomic E-state index is 13.9. The SMILES string of the molecule is Cc1cc(C2CCN(C(=O)C3CC3)CC2)ccc1OCc1cc(C(C)C)sc1-c1cccc(-n2ncc(C(=O)O)c2C(F)(F)F)n1. The third kappa shape index (κ3) is 6.53. The fourth-order valence-electron chi connectivity index (χ4n) is 5.94. The van der Waals surface area contributed by atoms with Crippen molar-refractivity contribution in [1.29, 1.82) is 0 Å². The number of hydrogen-bond acceptors (Lipinski definition) is 6. The minimum absolute atomic E-state index is 0.141. The Morgan fingerprint density at radius 3 is 2.46 bits per heavy atom. The lowest BCUT2D eigenvalue weighted by Gasteiger charge is -2.32. The largest absolute Gasteiger partial charge is 0.489 e. The van der Waals surface area contributed by atoms with Gasteiger partial charge in [0.1, 0.15) is 17.9 Å². The fraction of sp³-hybridized carbons (Fsp3) is 0.412. The summed E-state index contributed by atoms with van der Waals surface area (Å²) in [6, 6.07) is 12.9. The van der Waals surface area contributed by atoms with Crippen LogP contribution in [0.15, 0.2) is 48.7 Å². The Morgan fingerprint density at radius 2 is 1.83 bits per heavy atom. The molecule has 2 aliphatic rings. The van der Waals surface area contributed by atoms with Gasteiger partial charge >= 0.3 is 12.1 Å². The fourth-order valence-corrected chi connectivity index (χ4v) is 7.08. The number of thiophene rings is 1. The minimum atomic E-state index is -4.95. The minimum Gasteiger partial charge on any atom is -0.489 e. The molecular formula is C34H35F3N4O4S. The van der Waals surface area contributed by atoms with Crippen molar-refractivity contribution in [1.82, 2.24) is 19.7 Å². The summed E-state index contributed by atoms with van der Waals surface area (Å²) >= 11 is 1.50. The van der Waals surface area contributed by atoms with Gasteiger partial charge in [-0.15, -0.1) is 11.3 Å². The standard InChI is InChI=1S/C34H35F3N4O4S/c1-19(2)28-16-24(18-45-27-10-9-23(15-20(27)3)21-11-13-40(14-12-21)32(42)22-7-8-22)30(46-28)26-5-4-6-29(39-26)41-31(34(35,36)37)25(17-38-41)33(43)44/h4-6,9-10,15-17,19,21-22H,7-8,11-14,18H2,1-3H3,(H,43,44). The van der Waals surface area contributed by atoms with Crippen LogP contribution in [0.4, 0.5) is 13.2 Å². The summed E-state index contributed by atoms with van der Waals surface area (Å²) < 4.78 is 48.5. The Kier molecular flexibility index (Phi) is 8.66. The summed E-state index contributed by atoms with van der Waals surface area (Å²) in [7, 11) is 0. The number of carbonyl (C=O) groups excluding carboxylic acids is 1. The number of amides is 1. The highest BCUT2D eigenvalue weighted by Gasteiger charge is 2.41. The summed E-state index contributed by atoms with van der Waals surface area (Å²) in [6.45, 7) is 7.95. The molecule has 0 bridgehead atoms. The number of rotatable bonds is 9. The number of carbonyl (C=O) groups is 2. The molecule has 8 nitrogen and oxygen atoms in total. The Bertz CT molecular complexity index is 1770. The van der Waals surface area contributed by atoms with Crippen LogP contribution in [-0.4, -0.2) is 49.7 Å². The van der Waals surface area contributed by atoms with E-state index in [1.165, 1.54) is 23.0 Å². The molecule has 3 aromatic heterocycles. The molecule has 1 saturated carbocycles. The molecule has 12 heteroatoms. The number of aryl methyl sites for hydroxylation is 1. The molecule has 1 N–H and O–H groups in total. The first-order valence-electron chi connectivity index (χ1n) is 15.4. The summed E-state index contributed by atoms with van der Waals surface area (Å²) in [5.74, 6) is 0.0393. The van der Waals surface area contributed by atoms with Gasteiger partial charge in [0, 0.05) is 29.4 Å². The molecular weight excluding hydrogens is 617 g/mol. The first-order chi connectivity index (χ1) is 21.9. The van der Waals surface area contributed by atoms with Crippen molar-refractivity contribution in [2.45, 2.75) is 71.1 Å². The zero-order chi connectivity index (χ0) is 32.7. The normalized spacial score (nSPS) is 15.8.